The van der Waals surface area contributed by atoms with Gasteiger partial charge in [0.2, 0.25) is 0 Å². The van der Waals surface area contributed by atoms with Gasteiger partial charge in [0.15, 0.2) is 0 Å². The fraction of sp³-hybridized carbons (Fsp3) is 0.600. The van der Waals surface area contributed by atoms with Crippen LogP contribution in [0.5, 0.6) is 0 Å². The molecule has 42 valence electrons. The Morgan fingerprint density at radius 3 is 2.57 bits per heavy atom. The maximum absolute atomic E-state index is 8.29. The molecular formula is C5H11NO. The average molecular weight is 101 g/mol. The molecule has 7 heavy (non-hydrogen) atoms. The summed E-state index contributed by atoms with van der Waals surface area (Å²) in [6.07, 6.45) is 3.57. The molecule has 0 aliphatic carbocycles. The van der Waals surface area contributed by atoms with Crippen molar-refractivity contribution in [3.05, 3.63) is 12.2 Å². The van der Waals surface area contributed by atoms with E-state index in [4.69, 9.17) is 10.8 Å². The fourth-order valence-corrected chi connectivity index (χ4v) is 0.308. The van der Waals surface area contributed by atoms with Crippen LogP contribution in [0.3, 0.4) is 0 Å². The highest BCUT2D eigenvalue weighted by molar-refractivity contribution is 4.87. The number of hydrogen-bond acceptors (Lipinski definition) is 2. The van der Waals surface area contributed by atoms with Gasteiger partial charge in [-0.05, 0) is 6.92 Å². The monoisotopic (exact) mass is 101 g/mol. The van der Waals surface area contributed by atoms with E-state index in [1.807, 2.05) is 13.0 Å². The van der Waals surface area contributed by atoms with Crippen LogP contribution in [0.15, 0.2) is 12.2 Å². The molecule has 0 aliphatic heterocycles. The van der Waals surface area contributed by atoms with Crippen molar-refractivity contribution in [2.45, 2.75) is 13.0 Å². The quantitative estimate of drug-likeness (QED) is 0.476. The Morgan fingerprint density at radius 2 is 2.43 bits per heavy atom. The van der Waals surface area contributed by atoms with Crippen LogP contribution in [0.4, 0.5) is 0 Å². The Morgan fingerprint density at radius 1 is 1.86 bits per heavy atom. The summed E-state index contributed by atoms with van der Waals surface area (Å²) in [6, 6.07) is -0.176. The Kier molecular flexibility index (Phi) is 3.65. The molecule has 0 fully saturated rings. The maximum atomic E-state index is 8.29. The summed E-state index contributed by atoms with van der Waals surface area (Å²) in [5.41, 5.74) is 5.25. The van der Waals surface area contributed by atoms with Gasteiger partial charge in [-0.1, -0.05) is 12.2 Å². The van der Waals surface area contributed by atoms with E-state index in [0.29, 0.717) is 0 Å². The van der Waals surface area contributed by atoms with Crippen molar-refractivity contribution in [1.82, 2.24) is 0 Å². The first-order valence-electron chi connectivity index (χ1n) is 2.30. The normalized spacial score (nSPS) is 15.3. The van der Waals surface area contributed by atoms with Crippen LogP contribution in [0.2, 0.25) is 0 Å². The fourth-order valence-electron chi connectivity index (χ4n) is 0.308. The zero-order chi connectivity index (χ0) is 5.70. The second-order valence-corrected chi connectivity index (χ2v) is 1.37. The predicted octanol–water partition coefficient (Wildman–Crippen LogP) is -0.118. The summed E-state index contributed by atoms with van der Waals surface area (Å²) in [5.74, 6) is 0. The van der Waals surface area contributed by atoms with Crippen LogP contribution in [0.25, 0.3) is 0 Å². The number of hydrogen-bond donors (Lipinski definition) is 2. The molecule has 0 heterocycles. The summed E-state index contributed by atoms with van der Waals surface area (Å²) in [6.45, 7) is 1.90. The summed E-state index contributed by atoms with van der Waals surface area (Å²) in [4.78, 5) is 0. The van der Waals surface area contributed by atoms with Crippen LogP contribution >= 0.6 is 0 Å². The zero-order valence-corrected chi connectivity index (χ0v) is 4.46. The minimum Gasteiger partial charge on any atom is -0.394 e. The van der Waals surface area contributed by atoms with Crippen molar-refractivity contribution in [2.24, 2.45) is 5.73 Å². The third kappa shape index (κ3) is 3.49. The van der Waals surface area contributed by atoms with Crippen molar-refractivity contribution in [3.63, 3.8) is 0 Å². The van der Waals surface area contributed by atoms with Gasteiger partial charge in [-0.15, -0.1) is 0 Å². The number of rotatable bonds is 2. The molecule has 0 aromatic rings. The molecule has 0 aromatic carbocycles. The predicted molar refractivity (Wildman–Crippen MR) is 29.9 cm³/mol. The molecule has 0 saturated heterocycles. The third-order valence-electron chi connectivity index (χ3n) is 0.650. The van der Waals surface area contributed by atoms with Crippen molar-refractivity contribution in [1.29, 1.82) is 0 Å². The van der Waals surface area contributed by atoms with Crippen molar-refractivity contribution in [2.75, 3.05) is 6.61 Å². The summed E-state index contributed by atoms with van der Waals surface area (Å²) < 4.78 is 0. The van der Waals surface area contributed by atoms with Crippen LogP contribution in [0, 0.1) is 0 Å². The van der Waals surface area contributed by atoms with E-state index in [2.05, 4.69) is 0 Å². The highest BCUT2D eigenvalue weighted by atomic mass is 16.3. The first-order chi connectivity index (χ1) is 3.31. The first-order valence-corrected chi connectivity index (χ1v) is 2.30. The molecule has 0 amide bonds. The van der Waals surface area contributed by atoms with E-state index in [0.717, 1.165) is 0 Å². The number of aliphatic hydroxyl groups excluding tert-OH is 1. The number of nitrogens with two attached hydrogens (primary N) is 1. The molecule has 0 aliphatic rings. The largest absolute Gasteiger partial charge is 0.394 e. The molecule has 0 rings (SSSR count). The molecule has 2 heteroatoms. The lowest BCUT2D eigenvalue weighted by Gasteiger charge is -1.95. The van der Waals surface area contributed by atoms with Gasteiger partial charge in [0.25, 0.3) is 0 Å². The van der Waals surface area contributed by atoms with Gasteiger partial charge in [0, 0.05) is 6.04 Å². The van der Waals surface area contributed by atoms with Crippen molar-refractivity contribution in [3.8, 4) is 0 Å². The first kappa shape index (κ1) is 6.66. The topological polar surface area (TPSA) is 46.2 Å². The second kappa shape index (κ2) is 3.84. The minimum absolute atomic E-state index is 0.0321. The van der Waals surface area contributed by atoms with Gasteiger partial charge in [-0.3, -0.25) is 0 Å². The molecule has 3 N–H and O–H groups in total. The molecule has 0 saturated carbocycles. The van der Waals surface area contributed by atoms with E-state index in [1.165, 1.54) is 0 Å². The minimum atomic E-state index is -0.176. The number of aliphatic hydroxyl groups is 1. The Bertz CT molecular complexity index is 61.1. The van der Waals surface area contributed by atoms with E-state index in [-0.39, 0.29) is 12.6 Å². The van der Waals surface area contributed by atoms with Crippen molar-refractivity contribution < 1.29 is 5.11 Å². The van der Waals surface area contributed by atoms with E-state index < -0.39 is 0 Å². The van der Waals surface area contributed by atoms with Gasteiger partial charge in [0.05, 0.1) is 6.61 Å². The highest BCUT2D eigenvalue weighted by Gasteiger charge is 1.87. The number of allylic oxidation sites excluding steroid dienone is 1. The van der Waals surface area contributed by atoms with E-state index >= 15 is 0 Å². The van der Waals surface area contributed by atoms with Crippen LogP contribution in [-0.4, -0.2) is 17.8 Å². The third-order valence-corrected chi connectivity index (χ3v) is 0.650. The molecular weight excluding hydrogens is 90.1 g/mol. The standard InChI is InChI=1S/C5H11NO/c1-2-3-5(6)4-7/h2-3,5,7H,4,6H2,1H3/b3-2+/t5-/m0/s1. The molecule has 1 atom stereocenters. The molecule has 0 spiro atoms. The summed E-state index contributed by atoms with van der Waals surface area (Å²) in [7, 11) is 0. The summed E-state index contributed by atoms with van der Waals surface area (Å²) in [5, 5.41) is 8.29. The lowest BCUT2D eigenvalue weighted by molar-refractivity contribution is 0.284. The smallest absolute Gasteiger partial charge is 0.0618 e. The Balaban J connectivity index is 3.16. The second-order valence-electron chi connectivity index (χ2n) is 1.37. The van der Waals surface area contributed by atoms with Gasteiger partial charge in [0.1, 0.15) is 0 Å². The van der Waals surface area contributed by atoms with Gasteiger partial charge in [-0.25, -0.2) is 0 Å². The van der Waals surface area contributed by atoms with Crippen LogP contribution < -0.4 is 5.73 Å². The maximum Gasteiger partial charge on any atom is 0.0618 e. The lowest BCUT2D eigenvalue weighted by Crippen LogP contribution is -2.20. The molecule has 2 nitrogen and oxygen atoms in total. The summed E-state index contributed by atoms with van der Waals surface area (Å²) >= 11 is 0. The van der Waals surface area contributed by atoms with E-state index in [9.17, 15) is 0 Å². The lowest BCUT2D eigenvalue weighted by atomic mass is 10.3. The molecule has 0 radical (unpaired) electrons. The van der Waals surface area contributed by atoms with E-state index in [1.54, 1.807) is 6.08 Å². The SMILES string of the molecule is C/C=C/[C@H](N)CO. The van der Waals surface area contributed by atoms with Gasteiger partial charge >= 0.3 is 0 Å². The average Bonchev–Trinajstić information content (AvgIpc) is 1.68. The van der Waals surface area contributed by atoms with Crippen LogP contribution in [0.1, 0.15) is 6.92 Å². The molecule has 0 aromatic heterocycles. The van der Waals surface area contributed by atoms with Crippen molar-refractivity contribution >= 4 is 0 Å². The van der Waals surface area contributed by atoms with Crippen LogP contribution in [-0.2, 0) is 0 Å². The Hall–Kier alpha value is -0.340. The van der Waals surface area contributed by atoms with Gasteiger partial charge < -0.3 is 10.8 Å². The van der Waals surface area contributed by atoms with Gasteiger partial charge in [-0.2, -0.15) is 0 Å². The molecule has 0 unspecified atom stereocenters. The zero-order valence-electron chi connectivity index (χ0n) is 4.46. The Labute approximate surface area is 43.6 Å². The highest BCUT2D eigenvalue weighted by Crippen LogP contribution is 1.76. The molecule has 0 bridgehead atoms.